The van der Waals surface area contributed by atoms with Crippen LogP contribution in [0.2, 0.25) is 0 Å². The molecule has 0 radical (unpaired) electrons. The van der Waals surface area contributed by atoms with Gasteiger partial charge >= 0.3 is 0 Å². The lowest BCUT2D eigenvalue weighted by Crippen LogP contribution is -2.31. The first-order chi connectivity index (χ1) is 9.89. The van der Waals surface area contributed by atoms with E-state index in [0.717, 1.165) is 18.9 Å². The van der Waals surface area contributed by atoms with E-state index in [-0.39, 0.29) is 29.0 Å². The molecular formula is C13H16N2O5S. The van der Waals surface area contributed by atoms with Gasteiger partial charge in [0.25, 0.3) is 5.69 Å². The van der Waals surface area contributed by atoms with Crippen LogP contribution in [0.4, 0.5) is 5.69 Å². The van der Waals surface area contributed by atoms with Crippen LogP contribution in [0, 0.1) is 22.0 Å². The number of benzene rings is 1. The Labute approximate surface area is 122 Å². The number of non-ortho nitro benzene ring substituents is 1. The molecule has 1 saturated carbocycles. The maximum atomic E-state index is 12.6. The van der Waals surface area contributed by atoms with Gasteiger partial charge in [-0.05, 0) is 24.8 Å². The largest absolute Gasteiger partial charge is 0.393 e. The van der Waals surface area contributed by atoms with Gasteiger partial charge in [-0.1, -0.05) is 6.07 Å². The summed E-state index contributed by atoms with van der Waals surface area (Å²) in [4.78, 5) is 10.1. The lowest BCUT2D eigenvalue weighted by atomic mass is 10.00. The molecule has 0 amide bonds. The van der Waals surface area contributed by atoms with Crippen molar-refractivity contribution in [1.29, 1.82) is 0 Å². The third-order valence-electron chi connectivity index (χ3n) is 4.45. The Morgan fingerprint density at radius 2 is 2.05 bits per heavy atom. The summed E-state index contributed by atoms with van der Waals surface area (Å²) in [7, 11) is -3.74. The minimum atomic E-state index is -3.74. The molecule has 7 nitrogen and oxygen atoms in total. The van der Waals surface area contributed by atoms with E-state index in [9.17, 15) is 23.6 Å². The Morgan fingerprint density at radius 3 is 2.71 bits per heavy atom. The van der Waals surface area contributed by atoms with Gasteiger partial charge in [-0.3, -0.25) is 10.1 Å². The number of aliphatic hydroxyl groups is 1. The molecule has 0 aromatic heterocycles. The first-order valence-corrected chi connectivity index (χ1v) is 8.26. The van der Waals surface area contributed by atoms with E-state index in [1.807, 2.05) is 0 Å². The summed E-state index contributed by atoms with van der Waals surface area (Å²) in [6.07, 6.45) is 1.10. The zero-order chi connectivity index (χ0) is 15.2. The second-order valence-electron chi connectivity index (χ2n) is 5.65. The van der Waals surface area contributed by atoms with Crippen LogP contribution >= 0.6 is 0 Å². The summed E-state index contributed by atoms with van der Waals surface area (Å²) in [5.74, 6) is 0.173. The van der Waals surface area contributed by atoms with Gasteiger partial charge in [-0.25, -0.2) is 8.42 Å². The lowest BCUT2D eigenvalue weighted by molar-refractivity contribution is -0.385. The Balaban J connectivity index is 1.88. The van der Waals surface area contributed by atoms with Gasteiger partial charge in [-0.15, -0.1) is 0 Å². The molecule has 3 rings (SSSR count). The predicted molar refractivity (Wildman–Crippen MR) is 74.1 cm³/mol. The molecule has 0 spiro atoms. The summed E-state index contributed by atoms with van der Waals surface area (Å²) in [5, 5.41) is 20.6. The van der Waals surface area contributed by atoms with Gasteiger partial charge in [0.05, 0.1) is 15.9 Å². The number of aliphatic hydroxyl groups excluding tert-OH is 1. The van der Waals surface area contributed by atoms with Crippen molar-refractivity contribution in [3.05, 3.63) is 34.4 Å². The number of fused-ring (bicyclic) bond motifs is 1. The minimum Gasteiger partial charge on any atom is -0.393 e. The number of sulfonamides is 1. The van der Waals surface area contributed by atoms with Gasteiger partial charge in [0.1, 0.15) is 0 Å². The maximum Gasteiger partial charge on any atom is 0.270 e. The predicted octanol–water partition coefficient (Wildman–Crippen LogP) is 0.986. The highest BCUT2D eigenvalue weighted by Crippen LogP contribution is 2.40. The molecule has 1 aliphatic heterocycles. The van der Waals surface area contributed by atoms with Crippen LogP contribution in [-0.2, 0) is 10.0 Å². The molecule has 3 atom stereocenters. The molecule has 1 N–H and O–H groups in total. The second kappa shape index (κ2) is 5.04. The Morgan fingerprint density at radius 1 is 1.29 bits per heavy atom. The first-order valence-electron chi connectivity index (χ1n) is 6.82. The molecule has 1 saturated heterocycles. The van der Waals surface area contributed by atoms with E-state index >= 15 is 0 Å². The molecule has 114 valence electrons. The van der Waals surface area contributed by atoms with Crippen molar-refractivity contribution in [2.45, 2.75) is 23.8 Å². The van der Waals surface area contributed by atoms with E-state index in [4.69, 9.17) is 0 Å². The van der Waals surface area contributed by atoms with Crippen molar-refractivity contribution < 1.29 is 18.4 Å². The number of nitro benzene ring substituents is 1. The molecule has 21 heavy (non-hydrogen) atoms. The maximum absolute atomic E-state index is 12.6. The van der Waals surface area contributed by atoms with Crippen molar-refractivity contribution in [1.82, 2.24) is 4.31 Å². The molecule has 3 unspecified atom stereocenters. The van der Waals surface area contributed by atoms with Crippen LogP contribution in [0.3, 0.4) is 0 Å². The number of hydrogen-bond acceptors (Lipinski definition) is 5. The van der Waals surface area contributed by atoms with Crippen molar-refractivity contribution in [2.24, 2.45) is 11.8 Å². The van der Waals surface area contributed by atoms with Crippen molar-refractivity contribution in [3.63, 3.8) is 0 Å². The third kappa shape index (κ3) is 2.43. The Bertz CT molecular complexity index is 675. The summed E-state index contributed by atoms with van der Waals surface area (Å²) >= 11 is 0. The highest BCUT2D eigenvalue weighted by atomic mass is 32.2. The van der Waals surface area contributed by atoms with Crippen LogP contribution in [0.1, 0.15) is 12.8 Å². The zero-order valence-corrected chi connectivity index (χ0v) is 12.1. The van der Waals surface area contributed by atoms with Crippen molar-refractivity contribution in [3.8, 4) is 0 Å². The average Bonchev–Trinajstić information content (AvgIpc) is 3.02. The van der Waals surface area contributed by atoms with Crippen LogP contribution in [0.15, 0.2) is 29.2 Å². The average molecular weight is 312 g/mol. The fourth-order valence-electron chi connectivity index (χ4n) is 3.30. The number of hydrogen-bond donors (Lipinski definition) is 1. The first kappa shape index (κ1) is 14.4. The lowest BCUT2D eigenvalue weighted by Gasteiger charge is -2.18. The summed E-state index contributed by atoms with van der Waals surface area (Å²) in [6, 6.07) is 5.09. The van der Waals surface area contributed by atoms with Crippen LogP contribution < -0.4 is 0 Å². The summed E-state index contributed by atoms with van der Waals surface area (Å²) in [5.41, 5.74) is -0.240. The SMILES string of the molecule is O=[N+]([O-])c1cccc(S(=O)(=O)N2CC3CCC(O)C3C2)c1. The molecule has 1 aliphatic carbocycles. The molecule has 1 aromatic rings. The molecule has 2 aliphatic rings. The van der Waals surface area contributed by atoms with Gasteiger partial charge in [0.2, 0.25) is 10.0 Å². The number of nitro groups is 1. The van der Waals surface area contributed by atoms with E-state index in [2.05, 4.69) is 0 Å². The highest BCUT2D eigenvalue weighted by Gasteiger charge is 2.45. The van der Waals surface area contributed by atoms with E-state index < -0.39 is 21.1 Å². The number of nitrogens with zero attached hydrogens (tertiary/aromatic N) is 2. The molecule has 8 heteroatoms. The minimum absolute atomic E-state index is 0.0153. The summed E-state index contributed by atoms with van der Waals surface area (Å²) < 4.78 is 26.5. The Hall–Kier alpha value is -1.51. The fourth-order valence-corrected chi connectivity index (χ4v) is 4.87. The quantitative estimate of drug-likeness (QED) is 0.662. The molecule has 2 fully saturated rings. The van der Waals surface area contributed by atoms with Gasteiger partial charge in [-0.2, -0.15) is 4.31 Å². The monoisotopic (exact) mass is 312 g/mol. The molecule has 1 aromatic carbocycles. The smallest absolute Gasteiger partial charge is 0.270 e. The Kier molecular flexibility index (Phi) is 3.46. The van der Waals surface area contributed by atoms with Crippen molar-refractivity contribution >= 4 is 15.7 Å². The zero-order valence-electron chi connectivity index (χ0n) is 11.3. The topological polar surface area (TPSA) is 101 Å². The van der Waals surface area contributed by atoms with Crippen LogP contribution in [-0.4, -0.2) is 41.9 Å². The highest BCUT2D eigenvalue weighted by molar-refractivity contribution is 7.89. The van der Waals surface area contributed by atoms with E-state index in [1.165, 1.54) is 22.5 Å². The number of rotatable bonds is 3. The van der Waals surface area contributed by atoms with Gasteiger partial charge in [0, 0.05) is 31.1 Å². The standard InChI is InChI=1S/C13H16N2O5S/c16-13-5-4-9-7-14(8-12(9)13)21(19,20)11-3-1-2-10(6-11)15(17)18/h1-3,6,9,12-13,16H,4-5,7-8H2. The van der Waals surface area contributed by atoms with Gasteiger partial charge in [0.15, 0.2) is 0 Å². The van der Waals surface area contributed by atoms with Crippen LogP contribution in [0.5, 0.6) is 0 Å². The van der Waals surface area contributed by atoms with Crippen molar-refractivity contribution in [2.75, 3.05) is 13.1 Å². The molecular weight excluding hydrogens is 296 g/mol. The normalized spacial score (nSPS) is 29.5. The second-order valence-corrected chi connectivity index (χ2v) is 7.58. The third-order valence-corrected chi connectivity index (χ3v) is 6.28. The van der Waals surface area contributed by atoms with E-state index in [0.29, 0.717) is 6.54 Å². The summed E-state index contributed by atoms with van der Waals surface area (Å²) in [6.45, 7) is 0.670. The van der Waals surface area contributed by atoms with Gasteiger partial charge < -0.3 is 5.11 Å². The van der Waals surface area contributed by atoms with E-state index in [1.54, 1.807) is 0 Å². The van der Waals surface area contributed by atoms with Crippen LogP contribution in [0.25, 0.3) is 0 Å². The molecule has 1 heterocycles. The fraction of sp³-hybridized carbons (Fsp3) is 0.538. The molecule has 0 bridgehead atoms.